The first kappa shape index (κ1) is 14.7. The van der Waals surface area contributed by atoms with Crippen LogP contribution in [0.4, 0.5) is 8.78 Å². The Bertz CT molecular complexity index is 726. The second-order valence-corrected chi connectivity index (χ2v) is 5.83. The Morgan fingerprint density at radius 3 is 2.77 bits per heavy atom. The zero-order valence-corrected chi connectivity index (χ0v) is 12.5. The minimum atomic E-state index is -0.720. The van der Waals surface area contributed by atoms with E-state index in [1.807, 2.05) is 0 Å². The number of rotatable bonds is 2. The third kappa shape index (κ3) is 2.61. The average Bonchev–Trinajstić information content (AvgIpc) is 3.04. The minimum Gasteiger partial charge on any atom is -0.338 e. The van der Waals surface area contributed by atoms with Crippen LogP contribution in [0.1, 0.15) is 23.7 Å². The van der Waals surface area contributed by atoms with Crippen molar-refractivity contribution in [3.63, 3.8) is 0 Å². The van der Waals surface area contributed by atoms with E-state index < -0.39 is 11.6 Å². The molecule has 1 amide bonds. The Kier molecular flexibility index (Phi) is 3.68. The Hall–Kier alpha value is -2.24. The van der Waals surface area contributed by atoms with Crippen LogP contribution in [0.3, 0.4) is 0 Å². The summed E-state index contributed by atoms with van der Waals surface area (Å²) in [5, 5.41) is 4.19. The highest BCUT2D eigenvalue weighted by molar-refractivity contribution is 6.00. The predicted molar refractivity (Wildman–Crippen MR) is 78.2 cm³/mol. The van der Waals surface area contributed by atoms with Gasteiger partial charge in [-0.3, -0.25) is 9.48 Å². The molecule has 1 unspecified atom stereocenters. The Labute approximate surface area is 127 Å². The number of benzene rings is 1. The van der Waals surface area contributed by atoms with Crippen molar-refractivity contribution >= 4 is 5.91 Å². The van der Waals surface area contributed by atoms with Crippen LogP contribution in [0, 0.1) is 17.6 Å². The molecule has 4 nitrogen and oxygen atoms in total. The van der Waals surface area contributed by atoms with Crippen molar-refractivity contribution < 1.29 is 13.6 Å². The fourth-order valence-electron chi connectivity index (χ4n) is 2.82. The normalized spacial score (nSPS) is 18.0. The number of amides is 1. The molecule has 0 saturated carbocycles. The van der Waals surface area contributed by atoms with Gasteiger partial charge in [-0.25, -0.2) is 8.78 Å². The molecule has 0 N–H and O–H groups in total. The summed E-state index contributed by atoms with van der Waals surface area (Å²) in [6, 6.07) is 3.28. The van der Waals surface area contributed by atoms with Crippen molar-refractivity contribution in [1.29, 1.82) is 0 Å². The number of hydrogen-bond donors (Lipinski definition) is 0. The number of aryl methyl sites for hydroxylation is 1. The van der Waals surface area contributed by atoms with E-state index in [4.69, 9.17) is 0 Å². The fraction of sp³-hybridized carbons (Fsp3) is 0.375. The Balaban J connectivity index is 2.01. The molecule has 1 atom stereocenters. The van der Waals surface area contributed by atoms with Crippen molar-refractivity contribution in [3.05, 3.63) is 41.6 Å². The lowest BCUT2D eigenvalue weighted by atomic mass is 10.1. The lowest BCUT2D eigenvalue weighted by molar-refractivity contribution is 0.0788. The summed E-state index contributed by atoms with van der Waals surface area (Å²) in [6.07, 6.45) is 2.55. The smallest absolute Gasteiger partial charge is 0.257 e. The standard InChI is InChI=1S/C16H17F2N3O/c1-10-5-6-21(8-10)16(22)13-9-20(2)19-15(13)12-4-3-11(17)7-14(12)18/h3-4,7,9-10H,5-6,8H2,1-2H3. The molecule has 1 saturated heterocycles. The molecule has 6 heteroatoms. The predicted octanol–water partition coefficient (Wildman–Crippen LogP) is 2.85. The average molecular weight is 305 g/mol. The molecule has 0 aliphatic carbocycles. The van der Waals surface area contributed by atoms with Gasteiger partial charge in [0.05, 0.1) is 5.56 Å². The van der Waals surface area contributed by atoms with Gasteiger partial charge in [-0.15, -0.1) is 0 Å². The number of halogens is 2. The Morgan fingerprint density at radius 2 is 2.14 bits per heavy atom. The monoisotopic (exact) mass is 305 g/mol. The number of nitrogens with zero attached hydrogens (tertiary/aromatic N) is 3. The fourth-order valence-corrected chi connectivity index (χ4v) is 2.82. The molecule has 0 bridgehead atoms. The lowest BCUT2D eigenvalue weighted by Crippen LogP contribution is -2.28. The van der Waals surface area contributed by atoms with Gasteiger partial charge in [-0.05, 0) is 24.5 Å². The summed E-state index contributed by atoms with van der Waals surface area (Å²) in [4.78, 5) is 14.4. The summed E-state index contributed by atoms with van der Waals surface area (Å²) in [7, 11) is 1.67. The van der Waals surface area contributed by atoms with Gasteiger partial charge in [0.2, 0.25) is 0 Å². The van der Waals surface area contributed by atoms with E-state index in [0.29, 0.717) is 24.6 Å². The third-order valence-corrected chi connectivity index (χ3v) is 3.96. The van der Waals surface area contributed by atoms with Gasteiger partial charge < -0.3 is 4.90 Å². The van der Waals surface area contributed by atoms with Crippen molar-refractivity contribution in [2.75, 3.05) is 13.1 Å². The van der Waals surface area contributed by atoms with Gasteiger partial charge in [-0.1, -0.05) is 6.92 Å². The van der Waals surface area contributed by atoms with Crippen molar-refractivity contribution in [2.24, 2.45) is 13.0 Å². The highest BCUT2D eigenvalue weighted by atomic mass is 19.1. The molecular weight excluding hydrogens is 288 g/mol. The number of carbonyl (C=O) groups is 1. The first-order valence-electron chi connectivity index (χ1n) is 7.24. The number of carbonyl (C=O) groups excluding carboxylic acids is 1. The van der Waals surface area contributed by atoms with Crippen LogP contribution >= 0.6 is 0 Å². The Morgan fingerprint density at radius 1 is 1.36 bits per heavy atom. The molecule has 1 fully saturated rings. The maximum absolute atomic E-state index is 14.0. The number of likely N-dealkylation sites (tertiary alicyclic amines) is 1. The summed E-state index contributed by atoms with van der Waals surface area (Å²) in [5.74, 6) is -1.07. The number of hydrogen-bond acceptors (Lipinski definition) is 2. The minimum absolute atomic E-state index is 0.137. The van der Waals surface area contributed by atoms with Gasteiger partial charge in [0, 0.05) is 38.0 Å². The SMILES string of the molecule is CC1CCN(C(=O)c2cn(C)nc2-c2ccc(F)cc2F)C1. The quantitative estimate of drug-likeness (QED) is 0.855. The van der Waals surface area contributed by atoms with Gasteiger partial charge in [0.1, 0.15) is 17.3 Å². The molecule has 116 valence electrons. The van der Waals surface area contributed by atoms with Gasteiger partial charge in [-0.2, -0.15) is 5.10 Å². The van der Waals surface area contributed by atoms with Crippen molar-refractivity contribution in [3.8, 4) is 11.3 Å². The van der Waals surface area contributed by atoms with E-state index in [1.165, 1.54) is 16.8 Å². The second-order valence-electron chi connectivity index (χ2n) is 5.83. The van der Waals surface area contributed by atoms with Gasteiger partial charge in [0.25, 0.3) is 5.91 Å². The van der Waals surface area contributed by atoms with E-state index in [2.05, 4.69) is 12.0 Å². The largest absolute Gasteiger partial charge is 0.338 e. The highest BCUT2D eigenvalue weighted by Crippen LogP contribution is 2.28. The molecule has 3 rings (SSSR count). The van der Waals surface area contributed by atoms with Gasteiger partial charge in [0.15, 0.2) is 0 Å². The summed E-state index contributed by atoms with van der Waals surface area (Å²) < 4.78 is 28.6. The van der Waals surface area contributed by atoms with Crippen LogP contribution in [0.25, 0.3) is 11.3 Å². The van der Waals surface area contributed by atoms with Crippen LogP contribution in [0.2, 0.25) is 0 Å². The molecule has 1 aromatic carbocycles. The molecule has 1 aromatic heterocycles. The van der Waals surface area contributed by atoms with E-state index in [1.54, 1.807) is 18.1 Å². The summed E-state index contributed by atoms with van der Waals surface area (Å²) in [6.45, 7) is 3.48. The molecular formula is C16H17F2N3O. The molecule has 0 radical (unpaired) electrons. The molecule has 2 aromatic rings. The maximum Gasteiger partial charge on any atom is 0.257 e. The zero-order chi connectivity index (χ0) is 15.9. The van der Waals surface area contributed by atoms with E-state index in [9.17, 15) is 13.6 Å². The van der Waals surface area contributed by atoms with Crippen LogP contribution in [0.15, 0.2) is 24.4 Å². The molecule has 1 aliphatic rings. The van der Waals surface area contributed by atoms with Crippen LogP contribution in [-0.2, 0) is 7.05 Å². The van der Waals surface area contributed by atoms with Gasteiger partial charge >= 0.3 is 0 Å². The molecule has 1 aliphatic heterocycles. The van der Waals surface area contributed by atoms with Crippen molar-refractivity contribution in [1.82, 2.24) is 14.7 Å². The lowest BCUT2D eigenvalue weighted by Gasteiger charge is -2.15. The third-order valence-electron chi connectivity index (χ3n) is 3.96. The first-order chi connectivity index (χ1) is 10.5. The topological polar surface area (TPSA) is 38.1 Å². The second kappa shape index (κ2) is 5.51. The first-order valence-corrected chi connectivity index (χ1v) is 7.24. The van der Waals surface area contributed by atoms with Crippen LogP contribution in [0.5, 0.6) is 0 Å². The van der Waals surface area contributed by atoms with Crippen LogP contribution < -0.4 is 0 Å². The molecule has 2 heterocycles. The molecule has 22 heavy (non-hydrogen) atoms. The maximum atomic E-state index is 14.0. The van der Waals surface area contributed by atoms with E-state index in [0.717, 1.165) is 12.5 Å². The van der Waals surface area contributed by atoms with E-state index in [-0.39, 0.29) is 17.2 Å². The van der Waals surface area contributed by atoms with Crippen LogP contribution in [-0.4, -0.2) is 33.7 Å². The summed E-state index contributed by atoms with van der Waals surface area (Å²) in [5.41, 5.74) is 0.740. The molecule has 0 spiro atoms. The highest BCUT2D eigenvalue weighted by Gasteiger charge is 2.28. The van der Waals surface area contributed by atoms with E-state index >= 15 is 0 Å². The zero-order valence-electron chi connectivity index (χ0n) is 12.5. The number of aromatic nitrogens is 2. The summed E-state index contributed by atoms with van der Waals surface area (Å²) >= 11 is 0. The van der Waals surface area contributed by atoms with Crippen molar-refractivity contribution in [2.45, 2.75) is 13.3 Å².